The summed E-state index contributed by atoms with van der Waals surface area (Å²) in [5.74, 6) is 12.8. The molecule has 0 aliphatic heterocycles. The maximum atomic E-state index is 12.4. The van der Waals surface area contributed by atoms with E-state index in [1.165, 1.54) is 23.5 Å². The number of hydrazine groups is 2. The Kier molecular flexibility index (Phi) is 12.8. The van der Waals surface area contributed by atoms with Gasteiger partial charge in [-0.15, -0.1) is 11.8 Å². The molecular weight excluding hydrogens is 619 g/mol. The summed E-state index contributed by atoms with van der Waals surface area (Å²) in [6.45, 7) is 1.05. The number of ether oxygens (including phenoxy) is 1. The van der Waals surface area contributed by atoms with Gasteiger partial charge in [-0.3, -0.25) is 9.79 Å². The summed E-state index contributed by atoms with van der Waals surface area (Å²) < 4.78 is 6.13. The van der Waals surface area contributed by atoms with Crippen molar-refractivity contribution >= 4 is 58.6 Å². The van der Waals surface area contributed by atoms with Gasteiger partial charge in [0.1, 0.15) is 23.1 Å². The van der Waals surface area contributed by atoms with Crippen molar-refractivity contribution in [2.24, 2.45) is 16.7 Å². The number of nitrogens with one attached hydrogen (secondary N) is 3. The van der Waals surface area contributed by atoms with Crippen LogP contribution >= 0.6 is 35.0 Å². The Bertz CT molecular complexity index is 1570. The molecule has 4 aromatic rings. The molecule has 0 spiro atoms. The molecule has 44 heavy (non-hydrogen) atoms. The van der Waals surface area contributed by atoms with Crippen molar-refractivity contribution in [1.29, 1.82) is 0 Å². The van der Waals surface area contributed by atoms with Crippen LogP contribution in [0.5, 0.6) is 5.75 Å². The minimum Gasteiger partial charge on any atom is -0.491 e. The summed E-state index contributed by atoms with van der Waals surface area (Å²) in [7, 11) is 0. The van der Waals surface area contributed by atoms with E-state index >= 15 is 0 Å². The fourth-order valence-electron chi connectivity index (χ4n) is 3.88. The zero-order chi connectivity index (χ0) is 31.1. The summed E-state index contributed by atoms with van der Waals surface area (Å²) in [5, 5.41) is 3.98. The fourth-order valence-corrected chi connectivity index (χ4v) is 5.47. The number of aliphatic imine (C=N–C) groups is 1. The Hall–Kier alpha value is -4.13. The standard InChI is InChI=1S/C31H32Cl2N8O2S/c32-24-7-4-8-25(33)30(24)44-20-23-10-12-27(43-18-15-21-5-2-1-3-6-21)26(39-23)11-14-28(40-34)36-16-17-37-31(42)22-9-13-29(41-35)38-19-22/h1-14,19H,15-18,20,34-35H2,(H,36,40)(H,37,42)(H,38,41)/b14-11+. The number of anilines is 1. The highest BCUT2D eigenvalue weighted by Crippen LogP contribution is 2.35. The van der Waals surface area contributed by atoms with Crippen LogP contribution in [-0.2, 0) is 12.2 Å². The molecule has 13 heteroatoms. The smallest absolute Gasteiger partial charge is 0.252 e. The van der Waals surface area contributed by atoms with Crippen LogP contribution in [0, 0.1) is 0 Å². The summed E-state index contributed by atoms with van der Waals surface area (Å²) in [6, 6.07) is 22.6. The van der Waals surface area contributed by atoms with Crippen molar-refractivity contribution in [3.05, 3.63) is 118 Å². The predicted molar refractivity (Wildman–Crippen MR) is 179 cm³/mol. The van der Waals surface area contributed by atoms with Crippen molar-refractivity contribution in [1.82, 2.24) is 20.7 Å². The van der Waals surface area contributed by atoms with E-state index in [0.717, 1.165) is 17.0 Å². The average molecular weight is 652 g/mol. The van der Waals surface area contributed by atoms with Gasteiger partial charge in [0.05, 0.1) is 34.5 Å². The number of halogens is 2. The molecule has 0 radical (unpaired) electrons. The van der Waals surface area contributed by atoms with Crippen LogP contribution < -0.4 is 32.6 Å². The summed E-state index contributed by atoms with van der Waals surface area (Å²) >= 11 is 14.2. The van der Waals surface area contributed by atoms with E-state index in [1.807, 2.05) is 48.5 Å². The van der Waals surface area contributed by atoms with Gasteiger partial charge in [-0.1, -0.05) is 59.6 Å². The maximum Gasteiger partial charge on any atom is 0.252 e. The molecule has 2 aromatic heterocycles. The second kappa shape index (κ2) is 17.2. The molecule has 4 rings (SSSR count). The van der Waals surface area contributed by atoms with Crippen molar-refractivity contribution in [3.63, 3.8) is 0 Å². The van der Waals surface area contributed by atoms with Crippen LogP contribution in [0.4, 0.5) is 5.82 Å². The number of amides is 1. The van der Waals surface area contributed by atoms with Crippen LogP contribution in [0.1, 0.15) is 27.3 Å². The molecule has 0 aliphatic carbocycles. The summed E-state index contributed by atoms with van der Waals surface area (Å²) in [5.41, 5.74) is 8.01. The van der Waals surface area contributed by atoms with Gasteiger partial charge in [-0.25, -0.2) is 21.7 Å². The van der Waals surface area contributed by atoms with Gasteiger partial charge in [0.2, 0.25) is 0 Å². The molecule has 0 saturated heterocycles. The number of carbonyl (C=O) groups is 1. The van der Waals surface area contributed by atoms with Gasteiger partial charge in [0.15, 0.2) is 0 Å². The van der Waals surface area contributed by atoms with Crippen LogP contribution in [0.25, 0.3) is 6.08 Å². The highest BCUT2D eigenvalue weighted by Gasteiger charge is 2.10. The number of thioether (sulfide) groups is 1. The lowest BCUT2D eigenvalue weighted by Crippen LogP contribution is -2.30. The third-order valence-corrected chi connectivity index (χ3v) is 8.14. The number of pyridine rings is 2. The van der Waals surface area contributed by atoms with E-state index in [9.17, 15) is 4.79 Å². The number of hydrogen-bond acceptors (Lipinski definition) is 9. The molecule has 10 nitrogen and oxygen atoms in total. The van der Waals surface area contributed by atoms with E-state index < -0.39 is 0 Å². The van der Waals surface area contributed by atoms with Gasteiger partial charge in [0.25, 0.3) is 5.91 Å². The molecule has 0 aliphatic rings. The highest BCUT2D eigenvalue weighted by molar-refractivity contribution is 7.98. The molecule has 2 aromatic carbocycles. The lowest BCUT2D eigenvalue weighted by atomic mass is 10.2. The van der Waals surface area contributed by atoms with Crippen LogP contribution in [-0.4, -0.2) is 41.4 Å². The predicted octanol–water partition coefficient (Wildman–Crippen LogP) is 5.29. The van der Waals surface area contributed by atoms with Crippen molar-refractivity contribution < 1.29 is 9.53 Å². The van der Waals surface area contributed by atoms with Gasteiger partial charge in [0, 0.05) is 29.8 Å². The molecule has 7 N–H and O–H groups in total. The Balaban J connectivity index is 1.42. The average Bonchev–Trinajstić information content (AvgIpc) is 3.05. The molecule has 1 amide bonds. The Labute approximate surface area is 270 Å². The SMILES string of the molecule is NNC(/C=C/c1nc(CSc2c(Cl)cccc2Cl)ccc1OCCc1ccccc1)=NCCNC(=O)c1ccc(NN)nc1. The topological polar surface area (TPSA) is 153 Å². The van der Waals surface area contributed by atoms with Crippen LogP contribution in [0.3, 0.4) is 0 Å². The van der Waals surface area contributed by atoms with Crippen LogP contribution in [0.2, 0.25) is 10.0 Å². The first kappa shape index (κ1) is 32.8. The van der Waals surface area contributed by atoms with Crippen molar-refractivity contribution in [2.75, 3.05) is 25.1 Å². The van der Waals surface area contributed by atoms with Crippen LogP contribution in [0.15, 0.2) is 95.0 Å². The Morgan fingerprint density at radius 3 is 2.50 bits per heavy atom. The van der Waals surface area contributed by atoms with Gasteiger partial charge in [-0.2, -0.15) is 0 Å². The quantitative estimate of drug-likeness (QED) is 0.0306. The number of rotatable bonds is 14. The Morgan fingerprint density at radius 1 is 1.00 bits per heavy atom. The fraction of sp³-hybridized carbons (Fsp3) is 0.161. The first-order chi connectivity index (χ1) is 21.5. The maximum absolute atomic E-state index is 12.4. The molecule has 228 valence electrons. The Morgan fingerprint density at radius 2 is 1.80 bits per heavy atom. The van der Waals surface area contributed by atoms with Crippen molar-refractivity contribution in [2.45, 2.75) is 17.1 Å². The molecule has 0 bridgehead atoms. The number of nitrogens with two attached hydrogens (primary N) is 2. The van der Waals surface area contributed by atoms with E-state index in [0.29, 0.717) is 51.1 Å². The largest absolute Gasteiger partial charge is 0.491 e. The summed E-state index contributed by atoms with van der Waals surface area (Å²) in [6.07, 6.45) is 5.67. The lowest BCUT2D eigenvalue weighted by Gasteiger charge is -2.12. The second-order valence-corrected chi connectivity index (χ2v) is 11.0. The minimum absolute atomic E-state index is 0.275. The number of amidine groups is 1. The number of aromatic nitrogens is 2. The zero-order valence-corrected chi connectivity index (χ0v) is 26.0. The zero-order valence-electron chi connectivity index (χ0n) is 23.7. The third kappa shape index (κ3) is 9.97. The molecular formula is C31H32Cl2N8O2S. The molecule has 0 unspecified atom stereocenters. The third-order valence-electron chi connectivity index (χ3n) is 6.12. The first-order valence-electron chi connectivity index (χ1n) is 13.6. The summed E-state index contributed by atoms with van der Waals surface area (Å²) in [4.78, 5) is 26.4. The monoisotopic (exact) mass is 650 g/mol. The van der Waals surface area contributed by atoms with E-state index in [-0.39, 0.29) is 19.0 Å². The van der Waals surface area contributed by atoms with E-state index in [2.05, 4.69) is 38.3 Å². The van der Waals surface area contributed by atoms with Gasteiger partial charge < -0.3 is 20.9 Å². The molecule has 0 atom stereocenters. The molecule has 2 heterocycles. The highest BCUT2D eigenvalue weighted by atomic mass is 35.5. The normalized spacial score (nSPS) is 11.4. The van der Waals surface area contributed by atoms with Crippen molar-refractivity contribution in [3.8, 4) is 5.75 Å². The second-order valence-electron chi connectivity index (χ2n) is 9.19. The van der Waals surface area contributed by atoms with Gasteiger partial charge in [-0.05, 0) is 54.1 Å². The van der Waals surface area contributed by atoms with Gasteiger partial charge >= 0.3 is 0 Å². The number of nitrogen functional groups attached to an aromatic ring is 1. The lowest BCUT2D eigenvalue weighted by molar-refractivity contribution is 0.0954. The van der Waals surface area contributed by atoms with E-state index in [4.69, 9.17) is 44.6 Å². The minimum atomic E-state index is -0.275. The number of hydrogen-bond donors (Lipinski definition) is 5. The molecule has 0 fully saturated rings. The molecule has 0 saturated carbocycles. The number of carbonyl (C=O) groups excluding carboxylic acids is 1. The number of benzene rings is 2. The van der Waals surface area contributed by atoms with E-state index in [1.54, 1.807) is 24.3 Å². The first-order valence-corrected chi connectivity index (χ1v) is 15.3. The number of nitrogens with zero attached hydrogens (tertiary/aromatic N) is 3.